The largest absolute Gasteiger partial charge is 0.507 e. The van der Waals surface area contributed by atoms with Crippen LogP contribution in [0.3, 0.4) is 0 Å². The minimum absolute atomic E-state index is 0.133. The molecule has 0 amide bonds. The molecule has 1 radical (unpaired) electrons. The first kappa shape index (κ1) is 15.5. The average Bonchev–Trinajstić information content (AvgIpc) is 2.16. The zero-order valence-corrected chi connectivity index (χ0v) is 12.6. The summed E-state index contributed by atoms with van der Waals surface area (Å²) in [6, 6.07) is 3.53. The van der Waals surface area contributed by atoms with Crippen LogP contribution < -0.4 is 0 Å². The van der Waals surface area contributed by atoms with Gasteiger partial charge in [0.25, 0.3) is 0 Å². The van der Waals surface area contributed by atoms with Crippen LogP contribution >= 0.6 is 0 Å². The van der Waals surface area contributed by atoms with Gasteiger partial charge in [0.2, 0.25) is 0 Å². The third-order valence-electron chi connectivity index (χ3n) is 3.13. The Labute approximate surface area is 115 Å². The summed E-state index contributed by atoms with van der Waals surface area (Å²) in [5.74, 6) is -0.840. The molecule has 0 aromatic heterocycles. The summed E-state index contributed by atoms with van der Waals surface area (Å²) in [4.78, 5) is 10.8. The monoisotopic (exact) mass is 263 g/mol. The highest BCUT2D eigenvalue weighted by Crippen LogP contribution is 2.39. The van der Waals surface area contributed by atoms with Gasteiger partial charge in [-0.25, -0.2) is 9.90 Å². The topological polar surface area (TPSA) is 57.2 Å². The molecule has 1 aromatic rings. The number of phenols is 1. The second-order valence-corrected chi connectivity index (χ2v) is 7.09. The van der Waals surface area contributed by atoms with Gasteiger partial charge < -0.3 is 5.11 Å². The normalized spacial score (nSPS) is 12.5. The first-order valence-electron chi connectivity index (χ1n) is 6.49. The van der Waals surface area contributed by atoms with E-state index in [4.69, 9.17) is 0 Å². The predicted octanol–water partition coefficient (Wildman–Crippen LogP) is 3.49. The standard InChI is InChI=1S/C16H23O3/c1-15(2,3)11-7-10(9-13(17)18)8-12(14(11)19)16(4,5)6/h7-8,19H,9H2,1-6H3. The molecule has 1 aromatic carbocycles. The number of hydrogen-bond donors (Lipinski definition) is 1. The Morgan fingerprint density at radius 2 is 1.37 bits per heavy atom. The fourth-order valence-electron chi connectivity index (χ4n) is 2.11. The van der Waals surface area contributed by atoms with Gasteiger partial charge in [0.15, 0.2) is 0 Å². The van der Waals surface area contributed by atoms with Crippen molar-refractivity contribution in [1.29, 1.82) is 0 Å². The number of benzene rings is 1. The van der Waals surface area contributed by atoms with Crippen LogP contribution in [-0.4, -0.2) is 11.1 Å². The van der Waals surface area contributed by atoms with E-state index in [1.54, 1.807) is 12.1 Å². The van der Waals surface area contributed by atoms with Crippen LogP contribution in [0, 0.1) is 0 Å². The molecule has 0 fully saturated rings. The van der Waals surface area contributed by atoms with Crippen molar-refractivity contribution in [2.45, 2.75) is 58.8 Å². The maximum absolute atomic E-state index is 10.8. The molecule has 3 heteroatoms. The van der Waals surface area contributed by atoms with Gasteiger partial charge in [0, 0.05) is 0 Å². The van der Waals surface area contributed by atoms with Crippen LogP contribution in [0.25, 0.3) is 0 Å². The smallest absolute Gasteiger partial charge is 0.359 e. The lowest BCUT2D eigenvalue weighted by Crippen LogP contribution is -2.18. The minimum Gasteiger partial charge on any atom is -0.507 e. The zero-order valence-electron chi connectivity index (χ0n) is 12.6. The Morgan fingerprint density at radius 3 is 1.63 bits per heavy atom. The van der Waals surface area contributed by atoms with Crippen LogP contribution in [0.5, 0.6) is 5.75 Å². The first-order valence-corrected chi connectivity index (χ1v) is 6.49. The second kappa shape index (κ2) is 4.87. The summed E-state index contributed by atoms with van der Waals surface area (Å²) in [7, 11) is 0. The predicted molar refractivity (Wildman–Crippen MR) is 74.9 cm³/mol. The van der Waals surface area contributed by atoms with Crippen LogP contribution in [0.2, 0.25) is 0 Å². The quantitative estimate of drug-likeness (QED) is 0.888. The summed E-state index contributed by atoms with van der Waals surface area (Å²) in [6.45, 7) is 12.0. The van der Waals surface area contributed by atoms with E-state index in [1.807, 2.05) is 41.5 Å². The Balaban J connectivity index is 3.52. The summed E-state index contributed by atoms with van der Waals surface area (Å²) in [6.07, 6.45) is -0.133. The molecule has 0 aliphatic carbocycles. The Kier molecular flexibility index (Phi) is 3.99. The lowest BCUT2D eigenvalue weighted by atomic mass is 9.78. The highest BCUT2D eigenvalue weighted by molar-refractivity contribution is 5.70. The van der Waals surface area contributed by atoms with E-state index in [0.29, 0.717) is 5.56 Å². The van der Waals surface area contributed by atoms with Gasteiger partial charge in [-0.15, -0.1) is 0 Å². The molecule has 1 rings (SSSR count). The molecule has 0 bridgehead atoms. The fraction of sp³-hybridized carbons (Fsp3) is 0.562. The van der Waals surface area contributed by atoms with E-state index >= 15 is 0 Å². The van der Waals surface area contributed by atoms with E-state index in [1.165, 1.54) is 0 Å². The number of hydrogen-bond acceptors (Lipinski definition) is 2. The van der Waals surface area contributed by atoms with E-state index in [9.17, 15) is 15.0 Å². The number of rotatable bonds is 2. The zero-order chi connectivity index (χ0) is 15.0. The minimum atomic E-state index is -1.11. The molecule has 0 heterocycles. The number of phenolic OH excluding ortho intramolecular Hbond substituents is 1. The van der Waals surface area contributed by atoms with E-state index in [-0.39, 0.29) is 23.0 Å². The van der Waals surface area contributed by atoms with Gasteiger partial charge >= 0.3 is 5.97 Å². The van der Waals surface area contributed by atoms with Crippen LogP contribution in [-0.2, 0) is 27.2 Å². The molecular weight excluding hydrogens is 240 g/mol. The van der Waals surface area contributed by atoms with Crippen molar-refractivity contribution in [2.75, 3.05) is 0 Å². The van der Waals surface area contributed by atoms with Gasteiger partial charge in [0.1, 0.15) is 5.75 Å². The summed E-state index contributed by atoms with van der Waals surface area (Å²) < 4.78 is 0. The van der Waals surface area contributed by atoms with E-state index in [2.05, 4.69) is 0 Å². The molecule has 0 aliphatic rings. The van der Waals surface area contributed by atoms with Crippen LogP contribution in [0.15, 0.2) is 12.1 Å². The van der Waals surface area contributed by atoms with Gasteiger partial charge in [-0.05, 0) is 27.5 Å². The Bertz CT molecular complexity index is 453. The Morgan fingerprint density at radius 1 is 1.00 bits per heavy atom. The van der Waals surface area contributed by atoms with Gasteiger partial charge in [-0.1, -0.05) is 53.7 Å². The second-order valence-electron chi connectivity index (χ2n) is 7.09. The molecule has 0 atom stereocenters. The van der Waals surface area contributed by atoms with Gasteiger partial charge in [0.05, 0.1) is 6.42 Å². The maximum atomic E-state index is 10.8. The van der Waals surface area contributed by atoms with Crippen molar-refractivity contribution < 1.29 is 15.0 Å². The molecule has 0 aliphatic heterocycles. The molecule has 3 nitrogen and oxygen atoms in total. The van der Waals surface area contributed by atoms with Crippen LogP contribution in [0.4, 0.5) is 0 Å². The highest BCUT2D eigenvalue weighted by atomic mass is 16.4. The lowest BCUT2D eigenvalue weighted by Gasteiger charge is -2.28. The van der Waals surface area contributed by atoms with Crippen LogP contribution in [0.1, 0.15) is 58.2 Å². The molecule has 0 saturated heterocycles. The average molecular weight is 263 g/mol. The SMILES string of the molecule is CC(C)(C)c1cc(CC([O])=O)cc(C(C)(C)C)c1O. The van der Waals surface area contributed by atoms with E-state index < -0.39 is 5.97 Å². The van der Waals surface area contributed by atoms with Gasteiger partial charge in [-0.2, -0.15) is 0 Å². The molecule has 0 saturated carbocycles. The van der Waals surface area contributed by atoms with Crippen molar-refractivity contribution >= 4 is 5.97 Å². The van der Waals surface area contributed by atoms with Crippen molar-refractivity contribution in [3.8, 4) is 5.75 Å². The Hall–Kier alpha value is -1.51. The molecule has 1 N–H and O–H groups in total. The number of aromatic hydroxyl groups is 1. The van der Waals surface area contributed by atoms with Gasteiger partial charge in [-0.3, -0.25) is 0 Å². The third kappa shape index (κ3) is 3.72. The molecule has 0 unspecified atom stereocenters. The van der Waals surface area contributed by atoms with Crippen molar-refractivity contribution in [2.24, 2.45) is 0 Å². The van der Waals surface area contributed by atoms with E-state index in [0.717, 1.165) is 11.1 Å². The summed E-state index contributed by atoms with van der Waals surface area (Å²) >= 11 is 0. The molecular formula is C16H23O3. The fourth-order valence-corrected chi connectivity index (χ4v) is 2.11. The number of carbonyl (C=O) groups excluding carboxylic acids is 1. The summed E-state index contributed by atoms with van der Waals surface area (Å²) in [5.41, 5.74) is 1.73. The summed E-state index contributed by atoms with van der Waals surface area (Å²) in [5, 5.41) is 21.3. The molecule has 19 heavy (non-hydrogen) atoms. The highest BCUT2D eigenvalue weighted by Gasteiger charge is 2.26. The van der Waals surface area contributed by atoms with Crippen molar-refractivity contribution in [3.05, 3.63) is 28.8 Å². The molecule has 105 valence electrons. The molecule has 0 spiro atoms. The third-order valence-corrected chi connectivity index (χ3v) is 3.13. The van der Waals surface area contributed by atoms with Crippen molar-refractivity contribution in [1.82, 2.24) is 0 Å². The number of carbonyl (C=O) groups is 1. The lowest BCUT2D eigenvalue weighted by molar-refractivity contribution is -0.142. The first-order chi connectivity index (χ1) is 8.43. The maximum Gasteiger partial charge on any atom is 0.359 e. The van der Waals surface area contributed by atoms with Crippen molar-refractivity contribution in [3.63, 3.8) is 0 Å².